The first-order valence-electron chi connectivity index (χ1n) is 5.30. The van der Waals surface area contributed by atoms with Crippen LogP contribution in [0, 0.1) is 5.92 Å². The molecule has 0 N–H and O–H groups in total. The summed E-state index contributed by atoms with van der Waals surface area (Å²) in [5.74, 6) is -0.137. The van der Waals surface area contributed by atoms with Crippen LogP contribution in [0.25, 0.3) is 0 Å². The fourth-order valence-electron chi connectivity index (χ4n) is 2.16. The van der Waals surface area contributed by atoms with E-state index in [9.17, 15) is 4.79 Å². The minimum absolute atomic E-state index is 0.0452. The molecule has 0 aromatic rings. The molecule has 0 amide bonds. The molecule has 0 aliphatic carbocycles. The van der Waals surface area contributed by atoms with Crippen LogP contribution in [-0.2, 0) is 14.3 Å². The van der Waals surface area contributed by atoms with Crippen LogP contribution in [0.2, 0.25) is 0 Å². The van der Waals surface area contributed by atoms with Crippen LogP contribution in [0.15, 0.2) is 12.2 Å². The molecule has 0 aromatic heterocycles. The summed E-state index contributed by atoms with van der Waals surface area (Å²) in [5.41, 5.74) is 0. The Balaban J connectivity index is 2.00. The molecule has 0 saturated carbocycles. The number of hydrogen-bond donors (Lipinski definition) is 0. The van der Waals surface area contributed by atoms with Gasteiger partial charge in [0.25, 0.3) is 0 Å². The number of carbonyl (C=O) groups excluding carboxylic acids is 1. The summed E-state index contributed by atoms with van der Waals surface area (Å²) in [6, 6.07) is 0. The molecular formula is C11H16O3. The average Bonchev–Trinajstić information content (AvgIpc) is 2.18. The van der Waals surface area contributed by atoms with E-state index in [2.05, 4.69) is 12.2 Å². The fraction of sp³-hybridized carbons (Fsp3) is 0.727. The second-order valence-corrected chi connectivity index (χ2v) is 3.81. The van der Waals surface area contributed by atoms with Gasteiger partial charge in [-0.15, -0.1) is 0 Å². The highest BCUT2D eigenvalue weighted by molar-refractivity contribution is 5.73. The molecule has 2 bridgehead atoms. The van der Waals surface area contributed by atoms with Crippen molar-refractivity contribution in [2.75, 3.05) is 6.61 Å². The largest absolute Gasteiger partial charge is 0.466 e. The second-order valence-electron chi connectivity index (χ2n) is 3.81. The molecule has 3 unspecified atom stereocenters. The lowest BCUT2D eigenvalue weighted by Gasteiger charge is -2.36. The molecule has 2 heterocycles. The number of carbonyl (C=O) groups is 1. The number of hydrogen-bond acceptors (Lipinski definition) is 3. The van der Waals surface area contributed by atoms with Crippen molar-refractivity contribution in [3.05, 3.63) is 12.2 Å². The van der Waals surface area contributed by atoms with Crippen LogP contribution in [-0.4, -0.2) is 24.8 Å². The first kappa shape index (κ1) is 9.71. The predicted octanol–water partition coefficient (Wildman–Crippen LogP) is 1.67. The van der Waals surface area contributed by atoms with Crippen molar-refractivity contribution in [1.82, 2.24) is 0 Å². The van der Waals surface area contributed by atoms with E-state index in [0.29, 0.717) is 6.61 Å². The third kappa shape index (κ3) is 1.82. The quantitative estimate of drug-likeness (QED) is 0.498. The minimum atomic E-state index is -0.0914. The van der Waals surface area contributed by atoms with Gasteiger partial charge in [0.05, 0.1) is 24.7 Å². The Kier molecular flexibility index (Phi) is 2.87. The number of ether oxygens (including phenoxy) is 2. The van der Waals surface area contributed by atoms with Crippen LogP contribution in [0.3, 0.4) is 0 Å². The third-order valence-corrected chi connectivity index (χ3v) is 2.87. The Morgan fingerprint density at radius 1 is 1.57 bits per heavy atom. The van der Waals surface area contributed by atoms with Gasteiger partial charge >= 0.3 is 5.97 Å². The van der Waals surface area contributed by atoms with Crippen molar-refractivity contribution < 1.29 is 14.3 Å². The zero-order chi connectivity index (χ0) is 9.97. The SMILES string of the molecule is CCOC(=O)C1CCC2C=CCC1O2. The van der Waals surface area contributed by atoms with E-state index >= 15 is 0 Å². The monoisotopic (exact) mass is 196 g/mol. The van der Waals surface area contributed by atoms with E-state index in [0.717, 1.165) is 19.3 Å². The van der Waals surface area contributed by atoms with Crippen LogP contribution in [0.4, 0.5) is 0 Å². The van der Waals surface area contributed by atoms with Crippen LogP contribution in [0.1, 0.15) is 26.2 Å². The van der Waals surface area contributed by atoms with Gasteiger partial charge in [-0.2, -0.15) is 0 Å². The Hall–Kier alpha value is -0.830. The summed E-state index contributed by atoms with van der Waals surface area (Å²) in [6.07, 6.45) is 7.19. The fourth-order valence-corrected chi connectivity index (χ4v) is 2.16. The first-order valence-corrected chi connectivity index (χ1v) is 5.30. The van der Waals surface area contributed by atoms with Gasteiger partial charge in [0.15, 0.2) is 0 Å². The molecule has 3 heteroatoms. The predicted molar refractivity (Wildman–Crippen MR) is 51.8 cm³/mol. The lowest BCUT2D eigenvalue weighted by atomic mass is 9.87. The van der Waals surface area contributed by atoms with E-state index in [4.69, 9.17) is 9.47 Å². The average molecular weight is 196 g/mol. The van der Waals surface area contributed by atoms with Gasteiger partial charge in [0.2, 0.25) is 0 Å². The lowest BCUT2D eigenvalue weighted by molar-refractivity contribution is -0.161. The molecule has 2 rings (SSSR count). The standard InChI is InChI=1S/C11H16O3/c1-2-13-11(12)9-7-6-8-4-3-5-10(9)14-8/h3-4,8-10H,2,5-7H2,1H3. The van der Waals surface area contributed by atoms with E-state index in [1.165, 1.54) is 0 Å². The molecule has 1 saturated heterocycles. The summed E-state index contributed by atoms with van der Waals surface area (Å²) in [7, 11) is 0. The summed E-state index contributed by atoms with van der Waals surface area (Å²) in [5, 5.41) is 0. The van der Waals surface area contributed by atoms with Crippen molar-refractivity contribution in [3.8, 4) is 0 Å². The van der Waals surface area contributed by atoms with Crippen molar-refractivity contribution in [2.24, 2.45) is 5.92 Å². The van der Waals surface area contributed by atoms with Gasteiger partial charge < -0.3 is 9.47 Å². The number of esters is 1. The topological polar surface area (TPSA) is 35.5 Å². The van der Waals surface area contributed by atoms with Gasteiger partial charge in [-0.25, -0.2) is 0 Å². The third-order valence-electron chi connectivity index (χ3n) is 2.87. The van der Waals surface area contributed by atoms with E-state index < -0.39 is 0 Å². The number of fused-ring (bicyclic) bond motifs is 2. The second kappa shape index (κ2) is 4.13. The molecule has 0 aromatic carbocycles. The highest BCUT2D eigenvalue weighted by Gasteiger charge is 2.36. The minimum Gasteiger partial charge on any atom is -0.466 e. The van der Waals surface area contributed by atoms with E-state index in [1.54, 1.807) is 0 Å². The molecule has 0 radical (unpaired) electrons. The van der Waals surface area contributed by atoms with E-state index in [1.807, 2.05) is 6.92 Å². The highest BCUT2D eigenvalue weighted by atomic mass is 16.5. The Morgan fingerprint density at radius 2 is 2.43 bits per heavy atom. The van der Waals surface area contributed by atoms with Gasteiger partial charge in [0.1, 0.15) is 0 Å². The molecule has 78 valence electrons. The molecule has 1 fully saturated rings. The first-order chi connectivity index (χ1) is 6.81. The van der Waals surface area contributed by atoms with Gasteiger partial charge in [-0.1, -0.05) is 12.2 Å². The highest BCUT2D eigenvalue weighted by Crippen LogP contribution is 2.31. The van der Waals surface area contributed by atoms with Gasteiger partial charge in [-0.3, -0.25) is 4.79 Å². The molecule has 14 heavy (non-hydrogen) atoms. The number of rotatable bonds is 2. The Bertz CT molecular complexity index is 247. The molecule has 3 nitrogen and oxygen atoms in total. The lowest BCUT2D eigenvalue weighted by Crippen LogP contribution is -2.41. The van der Waals surface area contributed by atoms with Crippen LogP contribution >= 0.6 is 0 Å². The zero-order valence-electron chi connectivity index (χ0n) is 8.44. The summed E-state index contributed by atoms with van der Waals surface area (Å²) in [4.78, 5) is 11.6. The Morgan fingerprint density at radius 3 is 3.21 bits per heavy atom. The normalized spacial score (nSPS) is 35.4. The van der Waals surface area contributed by atoms with Crippen molar-refractivity contribution >= 4 is 5.97 Å². The summed E-state index contributed by atoms with van der Waals surface area (Å²) in [6.45, 7) is 2.30. The van der Waals surface area contributed by atoms with Gasteiger partial charge in [0, 0.05) is 0 Å². The van der Waals surface area contributed by atoms with Crippen molar-refractivity contribution in [2.45, 2.75) is 38.4 Å². The molecular weight excluding hydrogens is 180 g/mol. The summed E-state index contributed by atoms with van der Waals surface area (Å²) >= 11 is 0. The van der Waals surface area contributed by atoms with E-state index in [-0.39, 0.29) is 24.1 Å². The maximum Gasteiger partial charge on any atom is 0.311 e. The molecule has 2 aliphatic rings. The maximum absolute atomic E-state index is 11.6. The van der Waals surface area contributed by atoms with Crippen LogP contribution in [0.5, 0.6) is 0 Å². The van der Waals surface area contributed by atoms with Crippen molar-refractivity contribution in [1.29, 1.82) is 0 Å². The smallest absolute Gasteiger partial charge is 0.311 e. The molecule has 2 aliphatic heterocycles. The molecule has 0 spiro atoms. The van der Waals surface area contributed by atoms with Crippen LogP contribution < -0.4 is 0 Å². The Labute approximate surface area is 84.1 Å². The van der Waals surface area contributed by atoms with Crippen molar-refractivity contribution in [3.63, 3.8) is 0 Å². The van der Waals surface area contributed by atoms with Gasteiger partial charge in [-0.05, 0) is 26.2 Å². The molecule has 3 atom stereocenters. The maximum atomic E-state index is 11.6. The zero-order valence-corrected chi connectivity index (χ0v) is 8.44. The summed E-state index contributed by atoms with van der Waals surface area (Å²) < 4.78 is 10.7.